The van der Waals surface area contributed by atoms with Crippen LogP contribution in [0, 0.1) is 5.92 Å². The zero-order valence-electron chi connectivity index (χ0n) is 13.4. The highest BCUT2D eigenvalue weighted by Crippen LogP contribution is 2.28. The number of piperidine rings is 1. The van der Waals surface area contributed by atoms with Gasteiger partial charge in [0.15, 0.2) is 0 Å². The van der Waals surface area contributed by atoms with Crippen molar-refractivity contribution < 1.29 is 9.53 Å². The van der Waals surface area contributed by atoms with Crippen LogP contribution in [-0.4, -0.2) is 41.8 Å². The Hall–Kier alpha value is -0.770. The molecule has 0 radical (unpaired) electrons. The summed E-state index contributed by atoms with van der Waals surface area (Å²) in [5.41, 5.74) is -0.258. The summed E-state index contributed by atoms with van der Waals surface area (Å²) < 4.78 is 5.42. The zero-order chi connectivity index (χ0) is 14.7. The number of amides is 1. The molecule has 1 aliphatic rings. The third kappa shape index (κ3) is 5.01. The van der Waals surface area contributed by atoms with Gasteiger partial charge in [-0.2, -0.15) is 0 Å². The third-order valence-electron chi connectivity index (χ3n) is 3.80. The van der Waals surface area contributed by atoms with Crippen molar-refractivity contribution in [2.24, 2.45) is 5.92 Å². The molecule has 0 aromatic carbocycles. The van der Waals surface area contributed by atoms with Crippen LogP contribution < -0.4 is 5.32 Å². The van der Waals surface area contributed by atoms with Crippen LogP contribution in [0.3, 0.4) is 0 Å². The van der Waals surface area contributed by atoms with Crippen molar-refractivity contribution >= 4 is 6.09 Å². The van der Waals surface area contributed by atoms with E-state index in [2.05, 4.69) is 26.1 Å². The van der Waals surface area contributed by atoms with Gasteiger partial charge in [-0.1, -0.05) is 6.92 Å². The first kappa shape index (κ1) is 16.3. The van der Waals surface area contributed by atoms with Crippen molar-refractivity contribution in [1.29, 1.82) is 0 Å². The molecule has 0 saturated carbocycles. The number of hydrogen-bond acceptors (Lipinski definition) is 3. The average molecular weight is 270 g/mol. The van der Waals surface area contributed by atoms with E-state index >= 15 is 0 Å². The quantitative estimate of drug-likeness (QED) is 0.857. The second-order valence-electron chi connectivity index (χ2n) is 6.99. The van der Waals surface area contributed by atoms with Crippen LogP contribution in [0.5, 0.6) is 0 Å². The molecular formula is C15H30N2O2. The fourth-order valence-corrected chi connectivity index (χ4v) is 2.71. The second-order valence-corrected chi connectivity index (χ2v) is 6.99. The average Bonchev–Trinajstić information content (AvgIpc) is 2.27. The molecule has 1 N–H and O–H groups in total. The van der Waals surface area contributed by atoms with Crippen LogP contribution in [0.2, 0.25) is 0 Å². The van der Waals surface area contributed by atoms with Gasteiger partial charge in [0, 0.05) is 18.6 Å². The summed E-state index contributed by atoms with van der Waals surface area (Å²) in [6, 6.07) is 0. The highest BCUT2D eigenvalue weighted by molar-refractivity contribution is 5.68. The Bertz CT molecular complexity index is 300. The maximum absolute atomic E-state index is 12.0. The van der Waals surface area contributed by atoms with Gasteiger partial charge >= 0.3 is 6.09 Å². The van der Waals surface area contributed by atoms with E-state index in [-0.39, 0.29) is 11.6 Å². The monoisotopic (exact) mass is 270 g/mol. The maximum Gasteiger partial charge on any atom is 0.410 e. The second kappa shape index (κ2) is 6.12. The SMILES string of the molecule is CCNC(C)(C)C1CCN(C(=O)OC(C)(C)C)CC1. The van der Waals surface area contributed by atoms with E-state index in [1.807, 2.05) is 25.7 Å². The third-order valence-corrected chi connectivity index (χ3v) is 3.80. The fraction of sp³-hybridized carbons (Fsp3) is 0.933. The molecule has 0 unspecified atom stereocenters. The molecule has 0 bridgehead atoms. The van der Waals surface area contributed by atoms with Crippen molar-refractivity contribution in [3.8, 4) is 0 Å². The Morgan fingerprint density at radius 3 is 2.16 bits per heavy atom. The number of hydrogen-bond donors (Lipinski definition) is 1. The first-order valence-electron chi connectivity index (χ1n) is 7.38. The van der Waals surface area contributed by atoms with E-state index in [4.69, 9.17) is 4.74 Å². The van der Waals surface area contributed by atoms with E-state index in [1.54, 1.807) is 0 Å². The number of carbonyl (C=O) groups is 1. The Kier molecular flexibility index (Phi) is 5.25. The van der Waals surface area contributed by atoms with Gasteiger partial charge in [-0.15, -0.1) is 0 Å². The molecule has 1 aliphatic heterocycles. The predicted octanol–water partition coefficient (Wildman–Crippen LogP) is 3.02. The lowest BCUT2D eigenvalue weighted by Crippen LogP contribution is -2.51. The Morgan fingerprint density at radius 2 is 1.74 bits per heavy atom. The molecule has 1 rings (SSSR count). The minimum atomic E-state index is -0.406. The topological polar surface area (TPSA) is 41.6 Å². The lowest BCUT2D eigenvalue weighted by atomic mass is 9.80. The summed E-state index contributed by atoms with van der Waals surface area (Å²) in [7, 11) is 0. The van der Waals surface area contributed by atoms with Gasteiger partial charge in [-0.25, -0.2) is 4.79 Å². The summed E-state index contributed by atoms with van der Waals surface area (Å²) in [6.07, 6.45) is 1.91. The molecule has 4 heteroatoms. The van der Waals surface area contributed by atoms with Gasteiger partial charge < -0.3 is 15.0 Å². The van der Waals surface area contributed by atoms with Crippen molar-refractivity contribution in [3.05, 3.63) is 0 Å². The van der Waals surface area contributed by atoms with Crippen LogP contribution in [-0.2, 0) is 4.74 Å². The highest BCUT2D eigenvalue weighted by Gasteiger charge is 2.34. The minimum Gasteiger partial charge on any atom is -0.444 e. The van der Waals surface area contributed by atoms with Crippen LogP contribution in [0.25, 0.3) is 0 Å². The molecule has 1 fully saturated rings. The maximum atomic E-state index is 12.0. The van der Waals surface area contributed by atoms with E-state index in [1.165, 1.54) is 0 Å². The van der Waals surface area contributed by atoms with Gasteiger partial charge in [-0.3, -0.25) is 0 Å². The number of carbonyl (C=O) groups excluding carboxylic acids is 1. The zero-order valence-corrected chi connectivity index (χ0v) is 13.4. The van der Waals surface area contributed by atoms with Gasteiger partial charge in [0.1, 0.15) is 5.60 Å². The summed E-state index contributed by atoms with van der Waals surface area (Å²) in [5, 5.41) is 3.54. The lowest BCUT2D eigenvalue weighted by molar-refractivity contribution is 0.0144. The van der Waals surface area contributed by atoms with Crippen LogP contribution >= 0.6 is 0 Å². The Balaban J connectivity index is 2.47. The molecule has 0 atom stereocenters. The molecule has 4 nitrogen and oxygen atoms in total. The van der Waals surface area contributed by atoms with E-state index < -0.39 is 5.60 Å². The van der Waals surface area contributed by atoms with Crippen molar-refractivity contribution in [3.63, 3.8) is 0 Å². The van der Waals surface area contributed by atoms with E-state index in [0.717, 1.165) is 32.5 Å². The van der Waals surface area contributed by atoms with Gasteiger partial charge in [0.25, 0.3) is 0 Å². The van der Waals surface area contributed by atoms with Crippen LogP contribution in [0.1, 0.15) is 54.4 Å². The molecule has 19 heavy (non-hydrogen) atoms. The molecule has 1 heterocycles. The standard InChI is InChI=1S/C15H30N2O2/c1-7-16-15(5,6)12-8-10-17(11-9-12)13(18)19-14(2,3)4/h12,16H,7-11H2,1-6H3. The van der Waals surface area contributed by atoms with Crippen molar-refractivity contribution in [2.75, 3.05) is 19.6 Å². The summed E-state index contributed by atoms with van der Waals surface area (Å²) >= 11 is 0. The molecule has 0 aliphatic carbocycles. The van der Waals surface area contributed by atoms with Gasteiger partial charge in [0.2, 0.25) is 0 Å². The number of likely N-dealkylation sites (tertiary alicyclic amines) is 1. The lowest BCUT2D eigenvalue weighted by Gasteiger charge is -2.41. The van der Waals surface area contributed by atoms with Gasteiger partial charge in [0.05, 0.1) is 0 Å². The van der Waals surface area contributed by atoms with Crippen molar-refractivity contribution in [1.82, 2.24) is 10.2 Å². The summed E-state index contributed by atoms with van der Waals surface area (Å²) in [4.78, 5) is 13.8. The molecule has 0 aromatic rings. The highest BCUT2D eigenvalue weighted by atomic mass is 16.6. The molecule has 0 aromatic heterocycles. The summed E-state index contributed by atoms with van der Waals surface area (Å²) in [6.45, 7) is 15.0. The number of ether oxygens (including phenoxy) is 1. The van der Waals surface area contributed by atoms with Crippen LogP contribution in [0.15, 0.2) is 0 Å². The largest absolute Gasteiger partial charge is 0.444 e. The van der Waals surface area contributed by atoms with Crippen molar-refractivity contribution in [2.45, 2.75) is 65.5 Å². The molecule has 1 amide bonds. The number of nitrogens with zero attached hydrogens (tertiary/aromatic N) is 1. The summed E-state index contributed by atoms with van der Waals surface area (Å²) in [5.74, 6) is 0.617. The smallest absolute Gasteiger partial charge is 0.410 e. The van der Waals surface area contributed by atoms with E-state index in [9.17, 15) is 4.79 Å². The molecule has 0 spiro atoms. The number of rotatable bonds is 3. The first-order chi connectivity index (χ1) is 8.65. The van der Waals surface area contributed by atoms with E-state index in [0.29, 0.717) is 5.92 Å². The normalized spacial score (nSPS) is 18.5. The first-order valence-corrected chi connectivity index (χ1v) is 7.38. The number of nitrogens with one attached hydrogen (secondary N) is 1. The predicted molar refractivity (Wildman–Crippen MR) is 78.3 cm³/mol. The molecular weight excluding hydrogens is 240 g/mol. The molecule has 1 saturated heterocycles. The Morgan fingerprint density at radius 1 is 1.21 bits per heavy atom. The fourth-order valence-electron chi connectivity index (χ4n) is 2.71. The van der Waals surface area contributed by atoms with Crippen LogP contribution in [0.4, 0.5) is 4.79 Å². The van der Waals surface area contributed by atoms with Gasteiger partial charge in [-0.05, 0) is 59.9 Å². The Labute approximate surface area is 117 Å². The molecule has 112 valence electrons. The minimum absolute atomic E-state index is 0.148.